The second-order valence-electron chi connectivity index (χ2n) is 10.8. The van der Waals surface area contributed by atoms with E-state index in [1.54, 1.807) is 27.6 Å². The van der Waals surface area contributed by atoms with Crippen molar-refractivity contribution in [2.24, 2.45) is 5.92 Å². The summed E-state index contributed by atoms with van der Waals surface area (Å²) in [6.45, 7) is 4.21. The number of benzene rings is 2. The van der Waals surface area contributed by atoms with E-state index in [0.717, 1.165) is 18.5 Å². The molecule has 1 fully saturated rings. The molecule has 0 unspecified atom stereocenters. The van der Waals surface area contributed by atoms with E-state index in [2.05, 4.69) is 31.8 Å². The number of likely N-dealkylation sites (tertiary alicyclic amines) is 1. The molecule has 1 aliphatic heterocycles. The molecule has 0 atom stereocenters. The standard InChI is InChI=1S/C33H35F2N7O3/c1-4-18-45-27-9-8-25(28(34)29(27)35)26-20-39-31-30(37-14-17-42(26)31)40-23-6-7-24(21(2)19-23)33(44)41-15-10-22(11-16-41)32(43)38-13-5-12-36-3/h1,6-9,14,17,19-20,22,36H,5,10-13,15-16,18H2,2-3H3,(H,37,40)(H,38,43). The molecule has 0 bridgehead atoms. The molecule has 2 aromatic heterocycles. The molecular formula is C33H35F2N7O3. The zero-order valence-electron chi connectivity index (χ0n) is 25.2. The van der Waals surface area contributed by atoms with E-state index in [9.17, 15) is 14.0 Å². The van der Waals surface area contributed by atoms with Crippen molar-refractivity contribution in [1.82, 2.24) is 29.9 Å². The van der Waals surface area contributed by atoms with E-state index in [1.165, 1.54) is 24.5 Å². The molecule has 1 aliphatic rings. The fourth-order valence-corrected chi connectivity index (χ4v) is 5.42. The highest BCUT2D eigenvalue weighted by atomic mass is 19.2. The number of imidazole rings is 1. The van der Waals surface area contributed by atoms with Crippen LogP contribution in [0.3, 0.4) is 0 Å². The predicted octanol–water partition coefficient (Wildman–Crippen LogP) is 4.32. The van der Waals surface area contributed by atoms with E-state index in [4.69, 9.17) is 11.2 Å². The van der Waals surface area contributed by atoms with Gasteiger partial charge in [0.25, 0.3) is 5.91 Å². The number of ether oxygens (including phenoxy) is 1. The largest absolute Gasteiger partial charge is 0.478 e. The minimum Gasteiger partial charge on any atom is -0.478 e. The normalized spacial score (nSPS) is 13.4. The molecule has 2 aromatic carbocycles. The van der Waals surface area contributed by atoms with E-state index in [1.807, 2.05) is 20.0 Å². The molecule has 3 heterocycles. The fourth-order valence-electron chi connectivity index (χ4n) is 5.42. The number of fused-ring (bicyclic) bond motifs is 1. The van der Waals surface area contributed by atoms with Gasteiger partial charge in [-0.3, -0.25) is 14.0 Å². The third kappa shape index (κ3) is 6.89. The number of carbonyl (C=O) groups excluding carboxylic acids is 2. The number of aryl methyl sites for hydroxylation is 1. The van der Waals surface area contributed by atoms with Crippen LogP contribution in [0.25, 0.3) is 16.9 Å². The van der Waals surface area contributed by atoms with Gasteiger partial charge in [0.1, 0.15) is 6.61 Å². The number of hydrogen-bond acceptors (Lipinski definition) is 7. The quantitative estimate of drug-likeness (QED) is 0.170. The lowest BCUT2D eigenvalue weighted by Crippen LogP contribution is -2.43. The molecule has 3 N–H and O–H groups in total. The molecule has 45 heavy (non-hydrogen) atoms. The molecule has 0 saturated carbocycles. The first kappa shape index (κ1) is 31.4. The van der Waals surface area contributed by atoms with Gasteiger partial charge in [-0.1, -0.05) is 5.92 Å². The smallest absolute Gasteiger partial charge is 0.254 e. The Kier molecular flexibility index (Phi) is 9.89. The van der Waals surface area contributed by atoms with Crippen LogP contribution < -0.4 is 20.7 Å². The van der Waals surface area contributed by atoms with Crippen molar-refractivity contribution >= 4 is 29.0 Å². The van der Waals surface area contributed by atoms with Crippen LogP contribution in [-0.2, 0) is 4.79 Å². The van der Waals surface area contributed by atoms with Crippen molar-refractivity contribution in [2.75, 3.05) is 45.2 Å². The first-order chi connectivity index (χ1) is 21.8. The molecule has 4 aromatic rings. The SMILES string of the molecule is C#CCOc1ccc(-c2cnc3c(Nc4ccc(C(=O)N5CCC(C(=O)NCCCNC)CC5)c(C)c4)nccn23)c(F)c1F. The first-order valence-electron chi connectivity index (χ1n) is 14.8. The highest BCUT2D eigenvalue weighted by molar-refractivity contribution is 5.96. The van der Waals surface area contributed by atoms with Crippen molar-refractivity contribution in [3.05, 3.63) is 71.7 Å². The van der Waals surface area contributed by atoms with Gasteiger partial charge in [-0.15, -0.1) is 6.42 Å². The molecule has 12 heteroatoms. The lowest BCUT2D eigenvalue weighted by molar-refractivity contribution is -0.126. The molecule has 0 radical (unpaired) electrons. The fraction of sp³-hybridized carbons (Fsp3) is 0.333. The van der Waals surface area contributed by atoms with Crippen molar-refractivity contribution in [3.63, 3.8) is 0 Å². The minimum atomic E-state index is -1.14. The number of nitrogens with zero attached hydrogens (tertiary/aromatic N) is 4. The van der Waals surface area contributed by atoms with Gasteiger partial charge in [0.05, 0.1) is 11.9 Å². The number of nitrogens with one attached hydrogen (secondary N) is 3. The molecular weight excluding hydrogens is 580 g/mol. The van der Waals surface area contributed by atoms with Gasteiger partial charge in [-0.2, -0.15) is 4.39 Å². The van der Waals surface area contributed by atoms with Crippen LogP contribution in [0, 0.1) is 36.8 Å². The van der Waals surface area contributed by atoms with Crippen LogP contribution in [-0.4, -0.2) is 70.9 Å². The Bertz CT molecular complexity index is 1740. The maximum absolute atomic E-state index is 15.0. The van der Waals surface area contributed by atoms with Gasteiger partial charge in [-0.05, 0) is 75.7 Å². The zero-order chi connectivity index (χ0) is 31.9. The molecule has 234 valence electrons. The molecule has 2 amide bonds. The average Bonchev–Trinajstić information content (AvgIpc) is 3.48. The molecule has 5 rings (SSSR count). The van der Waals surface area contributed by atoms with Gasteiger partial charge in [0.15, 0.2) is 23.0 Å². The van der Waals surface area contributed by atoms with Gasteiger partial charge < -0.3 is 25.6 Å². The summed E-state index contributed by atoms with van der Waals surface area (Å²) in [4.78, 5) is 36.4. The first-order valence-corrected chi connectivity index (χ1v) is 14.8. The number of rotatable bonds is 11. The van der Waals surface area contributed by atoms with Gasteiger partial charge in [-0.25, -0.2) is 14.4 Å². The van der Waals surface area contributed by atoms with Crippen LogP contribution >= 0.6 is 0 Å². The Morgan fingerprint density at radius 1 is 1.11 bits per heavy atom. The van der Waals surface area contributed by atoms with E-state index in [0.29, 0.717) is 60.9 Å². The summed E-state index contributed by atoms with van der Waals surface area (Å²) in [5, 5.41) is 9.28. The van der Waals surface area contributed by atoms with Crippen LogP contribution in [0.5, 0.6) is 5.75 Å². The monoisotopic (exact) mass is 615 g/mol. The Labute approximate surface area is 260 Å². The number of piperidine rings is 1. The summed E-state index contributed by atoms with van der Waals surface area (Å²) in [6, 6.07) is 8.12. The van der Waals surface area contributed by atoms with Crippen molar-refractivity contribution < 1.29 is 23.1 Å². The maximum atomic E-state index is 15.0. The molecule has 0 spiro atoms. The predicted molar refractivity (Wildman–Crippen MR) is 167 cm³/mol. The topological polar surface area (TPSA) is 113 Å². The van der Waals surface area contributed by atoms with Crippen molar-refractivity contribution in [2.45, 2.75) is 26.2 Å². The average molecular weight is 616 g/mol. The third-order valence-electron chi connectivity index (χ3n) is 7.84. The summed E-state index contributed by atoms with van der Waals surface area (Å²) in [5.41, 5.74) is 2.74. The highest BCUT2D eigenvalue weighted by Gasteiger charge is 2.28. The number of hydrogen-bond donors (Lipinski definition) is 3. The van der Waals surface area contributed by atoms with Gasteiger partial charge in [0.2, 0.25) is 11.7 Å². The third-order valence-corrected chi connectivity index (χ3v) is 7.84. The summed E-state index contributed by atoms with van der Waals surface area (Å²) < 4.78 is 36.3. The molecule has 0 aliphatic carbocycles. The molecule has 10 nitrogen and oxygen atoms in total. The Morgan fingerprint density at radius 2 is 1.91 bits per heavy atom. The lowest BCUT2D eigenvalue weighted by Gasteiger charge is -2.31. The van der Waals surface area contributed by atoms with Crippen molar-refractivity contribution in [1.29, 1.82) is 0 Å². The van der Waals surface area contributed by atoms with Crippen LogP contribution in [0.1, 0.15) is 35.2 Å². The van der Waals surface area contributed by atoms with Crippen LogP contribution in [0.15, 0.2) is 48.9 Å². The lowest BCUT2D eigenvalue weighted by atomic mass is 9.95. The van der Waals surface area contributed by atoms with E-state index >= 15 is 4.39 Å². The Balaban J connectivity index is 1.26. The van der Waals surface area contributed by atoms with Crippen LogP contribution in [0.4, 0.5) is 20.3 Å². The van der Waals surface area contributed by atoms with Gasteiger partial charge >= 0.3 is 0 Å². The number of aromatic nitrogens is 3. The number of carbonyl (C=O) groups is 2. The van der Waals surface area contributed by atoms with Crippen molar-refractivity contribution in [3.8, 4) is 29.4 Å². The van der Waals surface area contributed by atoms with Crippen LogP contribution in [0.2, 0.25) is 0 Å². The minimum absolute atomic E-state index is 0.00175. The van der Waals surface area contributed by atoms with E-state index < -0.39 is 11.6 Å². The number of anilines is 2. The Morgan fingerprint density at radius 3 is 2.64 bits per heavy atom. The highest BCUT2D eigenvalue weighted by Crippen LogP contribution is 2.32. The molecule has 1 saturated heterocycles. The van der Waals surface area contributed by atoms with E-state index in [-0.39, 0.29) is 35.7 Å². The summed E-state index contributed by atoms with van der Waals surface area (Å²) in [6.07, 6.45) is 11.8. The second-order valence-corrected chi connectivity index (χ2v) is 10.8. The van der Waals surface area contributed by atoms with Gasteiger partial charge in [0, 0.05) is 54.8 Å². The number of terminal acetylenes is 1. The summed E-state index contributed by atoms with van der Waals surface area (Å²) in [5.74, 6) is 0.0189. The summed E-state index contributed by atoms with van der Waals surface area (Å²) >= 11 is 0. The number of halogens is 2. The zero-order valence-corrected chi connectivity index (χ0v) is 25.2. The summed E-state index contributed by atoms with van der Waals surface area (Å²) in [7, 11) is 1.88. The second kappa shape index (κ2) is 14.2. The number of amides is 2. The maximum Gasteiger partial charge on any atom is 0.254 e. The Hall–Kier alpha value is -5.02.